The molecule has 0 aliphatic carbocycles. The lowest BCUT2D eigenvalue weighted by atomic mass is 9.93. The van der Waals surface area contributed by atoms with Crippen LogP contribution in [0.15, 0.2) is 78.0 Å². The van der Waals surface area contributed by atoms with Crippen LogP contribution >= 0.6 is 0 Å². The number of fused-ring (bicyclic) bond motifs is 1. The zero-order valence-corrected chi connectivity index (χ0v) is 20.2. The summed E-state index contributed by atoms with van der Waals surface area (Å²) in [6.07, 6.45) is 4.01. The first-order valence-electron chi connectivity index (χ1n) is 11.0. The fraction of sp³-hybridized carbons (Fsp3) is 0.185. The number of benzene rings is 2. The van der Waals surface area contributed by atoms with Crippen molar-refractivity contribution < 1.29 is 18.8 Å². The molecule has 0 aliphatic rings. The maximum atomic E-state index is 12.5. The summed E-state index contributed by atoms with van der Waals surface area (Å²) >= 11 is 0. The van der Waals surface area contributed by atoms with E-state index in [1.165, 1.54) is 0 Å². The molecule has 2 N–H and O–H groups in total. The Balaban J connectivity index is 0.00000108. The Bertz CT molecular complexity index is 1320. The van der Waals surface area contributed by atoms with Crippen LogP contribution in [0.25, 0.3) is 10.9 Å². The zero-order valence-electron chi connectivity index (χ0n) is 20.2. The molecule has 0 radical (unpaired) electrons. The fourth-order valence-electron chi connectivity index (χ4n) is 3.05. The smallest absolute Gasteiger partial charge is 0.256 e. The van der Waals surface area contributed by atoms with Gasteiger partial charge in [-0.1, -0.05) is 32.0 Å². The maximum absolute atomic E-state index is 12.5. The number of pyridine rings is 1. The topological polar surface area (TPSA) is 106 Å². The Labute approximate surface area is 204 Å². The first-order valence-corrected chi connectivity index (χ1v) is 11.0. The Hall–Kier alpha value is -4.46. The number of aromatic nitrogens is 2. The number of anilines is 2. The molecule has 2 amide bonds. The molecule has 0 spiro atoms. The number of hydrogen-bond donors (Lipinski definition) is 2. The number of nitrogens with zero attached hydrogens (tertiary/aromatic N) is 2. The van der Waals surface area contributed by atoms with Crippen LogP contribution in [0, 0.1) is 0 Å². The van der Waals surface area contributed by atoms with Crippen LogP contribution in [0.4, 0.5) is 11.5 Å². The van der Waals surface area contributed by atoms with E-state index in [2.05, 4.69) is 27.4 Å². The molecule has 2 heterocycles. The third-order valence-electron chi connectivity index (χ3n) is 4.76. The highest BCUT2D eigenvalue weighted by atomic mass is 16.5. The summed E-state index contributed by atoms with van der Waals surface area (Å²) < 4.78 is 11.3. The SMILES string of the molecule is C=CC.CC(C)(C)c1cc(NC(=O)c2ccc(Oc3ccnc4ccc(NC=O)cc34)cc2)no1. The van der Waals surface area contributed by atoms with Crippen molar-refractivity contribution >= 4 is 34.7 Å². The van der Waals surface area contributed by atoms with E-state index in [0.29, 0.717) is 40.7 Å². The summed E-state index contributed by atoms with van der Waals surface area (Å²) in [5.74, 6) is 1.89. The molecule has 8 nitrogen and oxygen atoms in total. The molecular weight excluding hydrogens is 444 g/mol. The van der Waals surface area contributed by atoms with E-state index in [-0.39, 0.29) is 11.3 Å². The summed E-state index contributed by atoms with van der Waals surface area (Å²) in [4.78, 5) is 27.6. The van der Waals surface area contributed by atoms with Crippen molar-refractivity contribution in [1.82, 2.24) is 10.1 Å². The average Bonchev–Trinajstić information content (AvgIpc) is 3.30. The first kappa shape index (κ1) is 25.2. The summed E-state index contributed by atoms with van der Waals surface area (Å²) in [6.45, 7) is 11.3. The Morgan fingerprint density at radius 1 is 1.09 bits per heavy atom. The van der Waals surface area contributed by atoms with Crippen LogP contribution in [0.1, 0.15) is 43.8 Å². The number of hydrogen-bond acceptors (Lipinski definition) is 6. The van der Waals surface area contributed by atoms with Gasteiger partial charge in [0.1, 0.15) is 17.3 Å². The molecule has 2 aromatic heterocycles. The Morgan fingerprint density at radius 3 is 2.43 bits per heavy atom. The molecule has 35 heavy (non-hydrogen) atoms. The molecular formula is C27H28N4O4. The largest absolute Gasteiger partial charge is 0.457 e. The second-order valence-corrected chi connectivity index (χ2v) is 8.62. The lowest BCUT2D eigenvalue weighted by Gasteiger charge is -2.12. The number of amides is 2. The standard InChI is InChI=1S/C24H22N4O4.C3H6/c1-24(2,3)21-13-22(28-32-21)27-23(30)15-4-7-17(8-5-15)31-20-10-11-25-19-9-6-16(26-14-29)12-18(19)20;1-3-2/h4-14H,1-3H3,(H,26,29)(H,27,28,30);3H,1H2,2H3. The molecule has 0 saturated carbocycles. The molecule has 180 valence electrons. The van der Waals surface area contributed by atoms with Gasteiger partial charge in [-0.25, -0.2) is 0 Å². The zero-order chi connectivity index (χ0) is 25.4. The average molecular weight is 473 g/mol. The van der Waals surface area contributed by atoms with Gasteiger partial charge in [-0.15, -0.1) is 6.58 Å². The van der Waals surface area contributed by atoms with Gasteiger partial charge in [-0.2, -0.15) is 0 Å². The minimum Gasteiger partial charge on any atom is -0.457 e. The van der Waals surface area contributed by atoms with Gasteiger partial charge >= 0.3 is 0 Å². The van der Waals surface area contributed by atoms with Crippen molar-refractivity contribution in [1.29, 1.82) is 0 Å². The molecule has 2 aromatic carbocycles. The summed E-state index contributed by atoms with van der Waals surface area (Å²) in [5, 5.41) is 10.0. The van der Waals surface area contributed by atoms with Crippen LogP contribution in [0.5, 0.6) is 11.5 Å². The third-order valence-corrected chi connectivity index (χ3v) is 4.76. The molecule has 0 saturated heterocycles. The van der Waals surface area contributed by atoms with Crippen molar-refractivity contribution in [2.75, 3.05) is 10.6 Å². The minimum atomic E-state index is -0.302. The number of carbonyl (C=O) groups excluding carboxylic acids is 2. The van der Waals surface area contributed by atoms with E-state index < -0.39 is 0 Å². The second-order valence-electron chi connectivity index (χ2n) is 8.62. The van der Waals surface area contributed by atoms with Gasteiger partial charge in [-0.05, 0) is 55.5 Å². The summed E-state index contributed by atoms with van der Waals surface area (Å²) in [6, 6.07) is 15.6. The van der Waals surface area contributed by atoms with Gasteiger partial charge in [0.25, 0.3) is 5.91 Å². The van der Waals surface area contributed by atoms with Crippen LogP contribution < -0.4 is 15.4 Å². The number of carbonyl (C=O) groups is 2. The monoisotopic (exact) mass is 472 g/mol. The molecule has 4 aromatic rings. The van der Waals surface area contributed by atoms with Gasteiger partial charge < -0.3 is 19.9 Å². The highest BCUT2D eigenvalue weighted by Crippen LogP contribution is 2.31. The van der Waals surface area contributed by atoms with E-state index >= 15 is 0 Å². The molecule has 4 rings (SSSR count). The van der Waals surface area contributed by atoms with E-state index in [0.717, 1.165) is 10.9 Å². The van der Waals surface area contributed by atoms with Gasteiger partial charge in [0.2, 0.25) is 6.41 Å². The highest BCUT2D eigenvalue weighted by molar-refractivity contribution is 6.03. The van der Waals surface area contributed by atoms with Crippen LogP contribution in [0.3, 0.4) is 0 Å². The van der Waals surface area contributed by atoms with E-state index in [9.17, 15) is 9.59 Å². The van der Waals surface area contributed by atoms with Gasteiger partial charge in [0.15, 0.2) is 5.82 Å². The van der Waals surface area contributed by atoms with E-state index in [1.54, 1.807) is 66.9 Å². The second kappa shape index (κ2) is 11.1. The van der Waals surface area contributed by atoms with Gasteiger partial charge in [0, 0.05) is 34.3 Å². The molecule has 0 fully saturated rings. The quantitative estimate of drug-likeness (QED) is 0.251. The first-order chi connectivity index (χ1) is 16.7. The van der Waals surface area contributed by atoms with Crippen molar-refractivity contribution in [3.8, 4) is 11.5 Å². The van der Waals surface area contributed by atoms with Crippen LogP contribution in [0.2, 0.25) is 0 Å². The lowest BCUT2D eigenvalue weighted by Crippen LogP contribution is -2.12. The van der Waals surface area contributed by atoms with E-state index in [4.69, 9.17) is 9.26 Å². The Kier molecular flexibility index (Phi) is 7.99. The van der Waals surface area contributed by atoms with Crippen LogP contribution in [-0.4, -0.2) is 22.5 Å². The molecule has 0 aliphatic heterocycles. The number of ether oxygens (including phenoxy) is 1. The molecule has 0 atom stereocenters. The van der Waals surface area contributed by atoms with Crippen LogP contribution in [-0.2, 0) is 10.2 Å². The third kappa shape index (κ3) is 6.54. The summed E-state index contributed by atoms with van der Waals surface area (Å²) in [5.41, 5.74) is 1.63. The predicted octanol–water partition coefficient (Wildman–Crippen LogP) is 6.33. The molecule has 0 bridgehead atoms. The number of rotatable bonds is 6. The molecule has 0 unspecified atom stereocenters. The van der Waals surface area contributed by atoms with Crippen molar-refractivity contribution in [2.24, 2.45) is 0 Å². The van der Waals surface area contributed by atoms with E-state index in [1.807, 2.05) is 27.7 Å². The van der Waals surface area contributed by atoms with Gasteiger partial charge in [0.05, 0.1) is 5.52 Å². The van der Waals surface area contributed by atoms with Crippen molar-refractivity contribution in [2.45, 2.75) is 33.1 Å². The highest BCUT2D eigenvalue weighted by Gasteiger charge is 2.20. The summed E-state index contributed by atoms with van der Waals surface area (Å²) in [7, 11) is 0. The Morgan fingerprint density at radius 2 is 1.80 bits per heavy atom. The minimum absolute atomic E-state index is 0.198. The van der Waals surface area contributed by atoms with Gasteiger partial charge in [-0.3, -0.25) is 14.6 Å². The fourth-order valence-corrected chi connectivity index (χ4v) is 3.05. The number of allylic oxidation sites excluding steroid dienone is 1. The lowest BCUT2D eigenvalue weighted by molar-refractivity contribution is -0.105. The predicted molar refractivity (Wildman–Crippen MR) is 137 cm³/mol. The van der Waals surface area contributed by atoms with Crippen molar-refractivity contribution in [3.63, 3.8) is 0 Å². The number of nitrogens with one attached hydrogen (secondary N) is 2. The maximum Gasteiger partial charge on any atom is 0.256 e. The van der Waals surface area contributed by atoms with Crippen molar-refractivity contribution in [3.05, 3.63) is 84.8 Å². The molecule has 8 heteroatoms. The normalized spacial score (nSPS) is 10.6.